The Hall–Kier alpha value is -1.26. The van der Waals surface area contributed by atoms with Crippen LogP contribution in [0, 0.1) is 5.41 Å². The van der Waals surface area contributed by atoms with Crippen molar-refractivity contribution in [2.75, 3.05) is 7.05 Å². The van der Waals surface area contributed by atoms with E-state index < -0.39 is 17.4 Å². The van der Waals surface area contributed by atoms with Crippen molar-refractivity contribution in [2.45, 2.75) is 59.5 Å². The molecular weight excluding hydrogens is 232 g/mol. The van der Waals surface area contributed by atoms with Gasteiger partial charge in [0.15, 0.2) is 0 Å². The van der Waals surface area contributed by atoms with Crippen LogP contribution in [-0.4, -0.2) is 41.1 Å². The fraction of sp³-hybridized carbons (Fsp3) is 0.846. The van der Waals surface area contributed by atoms with E-state index in [1.54, 1.807) is 32.7 Å². The lowest BCUT2D eigenvalue weighted by Crippen LogP contribution is -2.54. The van der Waals surface area contributed by atoms with E-state index in [4.69, 9.17) is 5.11 Å². The fourth-order valence-electron chi connectivity index (χ4n) is 1.69. The van der Waals surface area contributed by atoms with Gasteiger partial charge < -0.3 is 15.3 Å². The number of carbonyl (C=O) groups is 2. The molecule has 0 heterocycles. The molecule has 106 valence electrons. The van der Waals surface area contributed by atoms with Gasteiger partial charge in [-0.2, -0.15) is 0 Å². The highest BCUT2D eigenvalue weighted by Gasteiger charge is 2.33. The Balaban J connectivity index is 4.66. The van der Waals surface area contributed by atoms with E-state index >= 15 is 0 Å². The zero-order valence-electron chi connectivity index (χ0n) is 12.3. The third-order valence-corrected chi connectivity index (χ3v) is 3.07. The largest absolute Gasteiger partial charge is 0.480 e. The summed E-state index contributed by atoms with van der Waals surface area (Å²) in [5, 5.41) is 11.7. The average molecular weight is 258 g/mol. The summed E-state index contributed by atoms with van der Waals surface area (Å²) in [7, 11) is 1.69. The molecule has 0 rings (SSSR count). The molecule has 0 saturated heterocycles. The maximum Gasteiger partial charge on any atom is 0.326 e. The van der Waals surface area contributed by atoms with E-state index in [0.29, 0.717) is 0 Å². The van der Waals surface area contributed by atoms with E-state index in [1.165, 1.54) is 0 Å². The molecule has 2 N–H and O–H groups in total. The van der Waals surface area contributed by atoms with Crippen LogP contribution in [0.4, 0.5) is 4.79 Å². The minimum absolute atomic E-state index is 0.101. The lowest BCUT2D eigenvalue weighted by molar-refractivity contribution is -0.142. The van der Waals surface area contributed by atoms with E-state index in [-0.39, 0.29) is 12.1 Å². The van der Waals surface area contributed by atoms with Gasteiger partial charge in [-0.25, -0.2) is 9.59 Å². The predicted octanol–water partition coefficient (Wildman–Crippen LogP) is 2.32. The van der Waals surface area contributed by atoms with Crippen LogP contribution < -0.4 is 5.32 Å². The van der Waals surface area contributed by atoms with Gasteiger partial charge in [-0.3, -0.25) is 0 Å². The molecule has 1 unspecified atom stereocenters. The van der Waals surface area contributed by atoms with Gasteiger partial charge in [0, 0.05) is 13.1 Å². The molecule has 2 amide bonds. The van der Waals surface area contributed by atoms with Gasteiger partial charge in [0.1, 0.15) is 6.04 Å². The quantitative estimate of drug-likeness (QED) is 0.795. The zero-order chi connectivity index (χ0) is 14.5. The summed E-state index contributed by atoms with van der Waals surface area (Å²) in [6.45, 7) is 9.39. The lowest BCUT2D eigenvalue weighted by Gasteiger charge is -2.31. The van der Waals surface area contributed by atoms with Gasteiger partial charge >= 0.3 is 12.0 Å². The van der Waals surface area contributed by atoms with E-state index in [9.17, 15) is 9.59 Å². The Bertz CT molecular complexity index is 297. The summed E-state index contributed by atoms with van der Waals surface area (Å²) in [5.74, 6) is -1.01. The molecule has 5 nitrogen and oxygen atoms in total. The van der Waals surface area contributed by atoms with Crippen molar-refractivity contribution in [2.24, 2.45) is 5.41 Å². The average Bonchev–Trinajstić information content (AvgIpc) is 2.22. The van der Waals surface area contributed by atoms with Gasteiger partial charge in [-0.1, -0.05) is 34.1 Å². The van der Waals surface area contributed by atoms with Gasteiger partial charge in [0.25, 0.3) is 0 Å². The summed E-state index contributed by atoms with van der Waals surface area (Å²) >= 11 is 0. The predicted molar refractivity (Wildman–Crippen MR) is 71.5 cm³/mol. The number of carboxylic acid groups (broad SMARTS) is 1. The first-order valence-electron chi connectivity index (χ1n) is 6.37. The molecule has 0 saturated carbocycles. The second kappa shape index (κ2) is 6.61. The normalized spacial score (nSPS) is 14.8. The molecule has 0 spiro atoms. The minimum atomic E-state index is -1.01. The number of nitrogens with zero attached hydrogens (tertiary/aromatic N) is 1. The van der Waals surface area contributed by atoms with E-state index in [2.05, 4.69) is 12.2 Å². The molecule has 0 radical (unpaired) electrons. The Morgan fingerprint density at radius 1 is 1.33 bits per heavy atom. The molecular formula is C13H26N2O3. The number of hydrogen-bond acceptors (Lipinski definition) is 2. The van der Waals surface area contributed by atoms with Gasteiger partial charge in [-0.05, 0) is 18.8 Å². The molecule has 5 heteroatoms. The minimum Gasteiger partial charge on any atom is -0.480 e. The third-order valence-electron chi connectivity index (χ3n) is 3.07. The number of urea groups is 1. The van der Waals surface area contributed by atoms with Crippen molar-refractivity contribution < 1.29 is 14.7 Å². The maximum atomic E-state index is 12.0. The molecule has 2 atom stereocenters. The second-order valence-electron chi connectivity index (χ2n) is 5.84. The van der Waals surface area contributed by atoms with Gasteiger partial charge in [0.2, 0.25) is 0 Å². The van der Waals surface area contributed by atoms with Gasteiger partial charge in [0.05, 0.1) is 0 Å². The number of rotatable bonds is 5. The van der Waals surface area contributed by atoms with Crippen LogP contribution >= 0.6 is 0 Å². The van der Waals surface area contributed by atoms with Crippen molar-refractivity contribution in [3.8, 4) is 0 Å². The second-order valence-corrected chi connectivity index (χ2v) is 5.84. The summed E-state index contributed by atoms with van der Waals surface area (Å²) in [6, 6.07) is -1.12. The van der Waals surface area contributed by atoms with Crippen molar-refractivity contribution >= 4 is 12.0 Å². The van der Waals surface area contributed by atoms with Crippen molar-refractivity contribution in [3.05, 3.63) is 0 Å². The van der Waals surface area contributed by atoms with Crippen LogP contribution in [0.25, 0.3) is 0 Å². The molecule has 0 aromatic carbocycles. The van der Waals surface area contributed by atoms with Crippen molar-refractivity contribution in [3.63, 3.8) is 0 Å². The van der Waals surface area contributed by atoms with Crippen LogP contribution in [0.15, 0.2) is 0 Å². The first-order chi connectivity index (χ1) is 8.11. The highest BCUT2D eigenvalue weighted by molar-refractivity contribution is 5.83. The van der Waals surface area contributed by atoms with Crippen LogP contribution in [0.5, 0.6) is 0 Å². The Morgan fingerprint density at radius 2 is 1.83 bits per heavy atom. The van der Waals surface area contributed by atoms with E-state index in [0.717, 1.165) is 12.8 Å². The molecule has 0 aliphatic heterocycles. The van der Waals surface area contributed by atoms with Crippen molar-refractivity contribution in [1.82, 2.24) is 10.2 Å². The van der Waals surface area contributed by atoms with Crippen molar-refractivity contribution in [1.29, 1.82) is 0 Å². The molecule has 0 fully saturated rings. The van der Waals surface area contributed by atoms with Crippen LogP contribution in [0.2, 0.25) is 0 Å². The summed E-state index contributed by atoms with van der Waals surface area (Å²) in [4.78, 5) is 24.7. The lowest BCUT2D eigenvalue weighted by atomic mass is 9.87. The highest BCUT2D eigenvalue weighted by Crippen LogP contribution is 2.19. The first-order valence-corrected chi connectivity index (χ1v) is 6.37. The number of carbonyl (C=O) groups excluding carboxylic acids is 1. The molecule has 18 heavy (non-hydrogen) atoms. The zero-order valence-corrected chi connectivity index (χ0v) is 12.3. The summed E-state index contributed by atoms with van der Waals surface area (Å²) in [5.41, 5.74) is -0.518. The number of nitrogens with one attached hydrogen (secondary N) is 1. The molecule has 0 aliphatic rings. The highest BCUT2D eigenvalue weighted by atomic mass is 16.4. The molecule has 0 aromatic heterocycles. The molecule has 0 bridgehead atoms. The Morgan fingerprint density at radius 3 is 2.17 bits per heavy atom. The smallest absolute Gasteiger partial charge is 0.326 e. The van der Waals surface area contributed by atoms with Crippen LogP contribution in [0.3, 0.4) is 0 Å². The summed E-state index contributed by atoms with van der Waals surface area (Å²) in [6.07, 6.45) is 1.89. The van der Waals surface area contributed by atoms with E-state index in [1.807, 2.05) is 6.92 Å². The van der Waals surface area contributed by atoms with Gasteiger partial charge in [-0.15, -0.1) is 0 Å². The van der Waals surface area contributed by atoms with Crippen LogP contribution in [-0.2, 0) is 4.79 Å². The summed E-state index contributed by atoms with van der Waals surface area (Å²) < 4.78 is 0. The first kappa shape index (κ1) is 16.7. The Kier molecular flexibility index (Phi) is 6.15. The standard InChI is InChI=1S/C13H26N2O3/c1-7-8-9(2)15(6)12(18)14-10(11(16)17)13(3,4)5/h9-10H,7-8H2,1-6H3,(H,14,18)(H,16,17)/t9?,10-/m1/s1. The Labute approximate surface area is 110 Å². The maximum absolute atomic E-state index is 12.0. The fourth-order valence-corrected chi connectivity index (χ4v) is 1.69. The SMILES string of the molecule is CCCC(C)N(C)C(=O)N[C@H](C(=O)O)C(C)(C)C. The number of hydrogen-bond donors (Lipinski definition) is 2. The third kappa shape index (κ3) is 4.94. The molecule has 0 aromatic rings. The topological polar surface area (TPSA) is 69.6 Å². The number of amides is 2. The monoisotopic (exact) mass is 258 g/mol. The number of carboxylic acids is 1. The number of aliphatic carboxylic acids is 1. The van der Waals surface area contributed by atoms with Crippen LogP contribution in [0.1, 0.15) is 47.5 Å². The molecule has 0 aliphatic carbocycles.